The third kappa shape index (κ3) is 7.33. The van der Waals surface area contributed by atoms with Gasteiger partial charge in [0.25, 0.3) is 0 Å². The molecule has 0 saturated carbocycles. The molecule has 0 aliphatic carbocycles. The molecule has 0 aliphatic heterocycles. The minimum Gasteiger partial charge on any atom is -1.00 e. The fourth-order valence-electron chi connectivity index (χ4n) is 4.92. The van der Waals surface area contributed by atoms with Crippen LogP contribution in [0, 0.1) is 0 Å². The van der Waals surface area contributed by atoms with Crippen molar-refractivity contribution in [3.05, 3.63) is 132 Å². The van der Waals surface area contributed by atoms with Gasteiger partial charge in [-0.25, -0.2) is 0 Å². The number of rotatable bonds is 4. The number of hydrogen-bond donors (Lipinski definition) is 0. The third-order valence-corrected chi connectivity index (χ3v) is 7.05. The van der Waals surface area contributed by atoms with Crippen LogP contribution in [0.25, 0.3) is 43.8 Å². The smallest absolute Gasteiger partial charge is 1.00 e. The van der Waals surface area contributed by atoms with E-state index in [0.29, 0.717) is 11.8 Å². The summed E-state index contributed by atoms with van der Waals surface area (Å²) in [6.07, 6.45) is 0. The van der Waals surface area contributed by atoms with Crippen LogP contribution in [0.4, 0.5) is 0 Å². The summed E-state index contributed by atoms with van der Waals surface area (Å²) in [7, 11) is 0. The normalized spacial score (nSPS) is 10.4. The zero-order chi connectivity index (χ0) is 25.1. The zero-order valence-corrected chi connectivity index (χ0v) is 26.0. The van der Waals surface area contributed by atoms with Gasteiger partial charge in [0.15, 0.2) is 0 Å². The SMILES string of the molecule is CC(C)c1cc2c(-c3ccccc3)cccc2[cH-]1.CC(C)c1cc2c(-c3ccccc3)cccc2[cH-]1.[Cl-].[Cl-].[Ti+4]. The van der Waals surface area contributed by atoms with Crippen molar-refractivity contribution >= 4 is 21.5 Å². The van der Waals surface area contributed by atoms with Gasteiger partial charge in [0.2, 0.25) is 0 Å². The molecule has 0 atom stereocenters. The van der Waals surface area contributed by atoms with Gasteiger partial charge >= 0.3 is 21.7 Å². The van der Waals surface area contributed by atoms with Crippen molar-refractivity contribution in [1.82, 2.24) is 0 Å². The van der Waals surface area contributed by atoms with Crippen LogP contribution in [0.15, 0.2) is 121 Å². The summed E-state index contributed by atoms with van der Waals surface area (Å²) in [5.41, 5.74) is 8.11. The molecule has 0 saturated heterocycles. The number of benzene rings is 4. The van der Waals surface area contributed by atoms with Crippen LogP contribution >= 0.6 is 0 Å². The van der Waals surface area contributed by atoms with E-state index in [1.807, 2.05) is 0 Å². The molecule has 0 N–H and O–H groups in total. The number of fused-ring (bicyclic) bond motifs is 2. The van der Waals surface area contributed by atoms with Crippen molar-refractivity contribution in [3.8, 4) is 22.3 Å². The average molecular weight is 585 g/mol. The number of halogens is 2. The Bertz CT molecular complexity index is 1450. The average Bonchev–Trinajstić information content (AvgIpc) is 3.55. The zero-order valence-electron chi connectivity index (χ0n) is 23.0. The van der Waals surface area contributed by atoms with Gasteiger partial charge in [-0.15, -0.1) is 69.1 Å². The predicted octanol–water partition coefficient (Wildman–Crippen LogP) is 4.70. The maximum Gasteiger partial charge on any atom is 4.00 e. The molecule has 0 radical (unpaired) electrons. The molecule has 0 heterocycles. The van der Waals surface area contributed by atoms with Gasteiger partial charge < -0.3 is 24.8 Å². The van der Waals surface area contributed by atoms with E-state index < -0.39 is 0 Å². The molecule has 0 unspecified atom stereocenters. The Morgan fingerprint density at radius 2 is 0.821 bits per heavy atom. The Morgan fingerprint density at radius 1 is 0.462 bits per heavy atom. The van der Waals surface area contributed by atoms with E-state index in [-0.39, 0.29) is 46.5 Å². The Morgan fingerprint density at radius 3 is 1.15 bits per heavy atom. The second-order valence-electron chi connectivity index (χ2n) is 10.2. The molecule has 6 aromatic carbocycles. The molecule has 0 aromatic heterocycles. The van der Waals surface area contributed by atoms with E-state index in [2.05, 4.69) is 149 Å². The summed E-state index contributed by atoms with van der Waals surface area (Å²) in [6.45, 7) is 8.99. The first-order chi connectivity index (χ1) is 17.5. The number of hydrogen-bond acceptors (Lipinski definition) is 0. The molecule has 0 nitrogen and oxygen atoms in total. The van der Waals surface area contributed by atoms with Crippen LogP contribution in [0.3, 0.4) is 0 Å². The quantitative estimate of drug-likeness (QED) is 0.208. The second kappa shape index (κ2) is 14.7. The van der Waals surface area contributed by atoms with Gasteiger partial charge in [-0.05, 0) is 23.0 Å². The van der Waals surface area contributed by atoms with E-state index in [1.165, 1.54) is 54.9 Å². The molecule has 3 heteroatoms. The van der Waals surface area contributed by atoms with Gasteiger partial charge in [0, 0.05) is 0 Å². The van der Waals surface area contributed by atoms with Gasteiger partial charge in [-0.1, -0.05) is 112 Å². The van der Waals surface area contributed by atoms with E-state index in [0.717, 1.165) is 0 Å². The summed E-state index contributed by atoms with van der Waals surface area (Å²) in [5.74, 6) is 1.17. The van der Waals surface area contributed by atoms with Crippen LogP contribution < -0.4 is 24.8 Å². The van der Waals surface area contributed by atoms with Crippen LogP contribution in [0.1, 0.15) is 50.7 Å². The molecule has 6 rings (SSSR count). The van der Waals surface area contributed by atoms with Crippen LogP contribution in [0.2, 0.25) is 0 Å². The molecule has 0 bridgehead atoms. The van der Waals surface area contributed by atoms with Crippen molar-refractivity contribution in [2.24, 2.45) is 0 Å². The van der Waals surface area contributed by atoms with Crippen molar-refractivity contribution in [2.75, 3.05) is 0 Å². The van der Waals surface area contributed by atoms with E-state index in [1.54, 1.807) is 0 Å². The fraction of sp³-hybridized carbons (Fsp3) is 0.167. The maximum absolute atomic E-state index is 2.34. The van der Waals surface area contributed by atoms with Crippen molar-refractivity contribution < 1.29 is 46.5 Å². The first kappa shape index (κ1) is 32.6. The van der Waals surface area contributed by atoms with Crippen LogP contribution in [-0.4, -0.2) is 0 Å². The van der Waals surface area contributed by atoms with Crippen molar-refractivity contribution in [1.29, 1.82) is 0 Å². The summed E-state index contributed by atoms with van der Waals surface area (Å²) in [5, 5.41) is 5.43. The van der Waals surface area contributed by atoms with Gasteiger partial charge in [0.05, 0.1) is 0 Å². The molecule has 0 aliphatic rings. The minimum absolute atomic E-state index is 0. The summed E-state index contributed by atoms with van der Waals surface area (Å²) < 4.78 is 0. The molecule has 6 aromatic rings. The largest absolute Gasteiger partial charge is 4.00 e. The van der Waals surface area contributed by atoms with Crippen molar-refractivity contribution in [2.45, 2.75) is 39.5 Å². The maximum atomic E-state index is 2.34. The summed E-state index contributed by atoms with van der Waals surface area (Å²) >= 11 is 0. The Hall–Kier alpha value is -2.61. The van der Waals surface area contributed by atoms with Crippen LogP contribution in [0.5, 0.6) is 0 Å². The molecule has 0 amide bonds. The molecular weight excluding hydrogens is 551 g/mol. The van der Waals surface area contributed by atoms with E-state index in [4.69, 9.17) is 0 Å². The van der Waals surface area contributed by atoms with Gasteiger partial charge in [-0.3, -0.25) is 0 Å². The standard InChI is InChI=1S/2C18H17.2ClH.Ti/c2*1-13(2)16-11-15-9-6-10-17(18(15)12-16)14-7-4-3-5-8-14;;;/h2*3-13H,1-2H3;2*1H;/q2*-1;;;+4/p-2. The third-order valence-electron chi connectivity index (χ3n) is 7.05. The Balaban J connectivity index is 0.000000254. The topological polar surface area (TPSA) is 0 Å². The van der Waals surface area contributed by atoms with Gasteiger partial charge in [-0.2, -0.15) is 12.1 Å². The molecular formula is C36H34Cl2Ti. The van der Waals surface area contributed by atoms with Crippen molar-refractivity contribution in [3.63, 3.8) is 0 Å². The minimum atomic E-state index is 0. The summed E-state index contributed by atoms with van der Waals surface area (Å²) in [6, 6.07) is 43.6. The Kier molecular flexibility index (Phi) is 12.3. The molecule has 0 spiro atoms. The summed E-state index contributed by atoms with van der Waals surface area (Å²) in [4.78, 5) is 0. The molecule has 39 heavy (non-hydrogen) atoms. The first-order valence-corrected chi connectivity index (χ1v) is 13.0. The molecule has 196 valence electrons. The Labute approximate surface area is 260 Å². The van der Waals surface area contributed by atoms with E-state index >= 15 is 0 Å². The predicted molar refractivity (Wildman–Crippen MR) is 158 cm³/mol. The second-order valence-corrected chi connectivity index (χ2v) is 10.2. The first-order valence-electron chi connectivity index (χ1n) is 13.0. The van der Waals surface area contributed by atoms with Gasteiger partial charge in [0.1, 0.15) is 0 Å². The fourth-order valence-corrected chi connectivity index (χ4v) is 4.92. The monoisotopic (exact) mass is 584 g/mol. The van der Waals surface area contributed by atoms with Crippen LogP contribution in [-0.2, 0) is 21.7 Å². The van der Waals surface area contributed by atoms with E-state index in [9.17, 15) is 0 Å². The molecule has 0 fully saturated rings.